The van der Waals surface area contributed by atoms with Crippen molar-refractivity contribution in [3.8, 4) is 0 Å². The van der Waals surface area contributed by atoms with Crippen molar-refractivity contribution < 1.29 is 14.6 Å². The molecule has 1 saturated heterocycles. The monoisotopic (exact) mass is 234 g/mol. The molecule has 88 valence electrons. The summed E-state index contributed by atoms with van der Waals surface area (Å²) < 4.78 is 7.14. The summed E-state index contributed by atoms with van der Waals surface area (Å²) in [4.78, 5) is 14.8. The molecule has 3 heterocycles. The molecule has 2 unspecified atom stereocenters. The molecular formula is C10H10N4O3. The zero-order chi connectivity index (χ0) is 11.8. The van der Waals surface area contributed by atoms with Crippen molar-refractivity contribution in [3.05, 3.63) is 24.3 Å². The fourth-order valence-corrected chi connectivity index (χ4v) is 1.99. The smallest absolute Gasteiger partial charge is 0.332 e. The number of carboxylic acid groups (broad SMARTS) is 1. The summed E-state index contributed by atoms with van der Waals surface area (Å²) >= 11 is 0. The fraction of sp³-hybridized carbons (Fsp3) is 0.400. The first kappa shape index (κ1) is 10.2. The maximum atomic E-state index is 10.8. The molecule has 0 radical (unpaired) electrons. The van der Waals surface area contributed by atoms with Crippen LogP contribution in [0.25, 0.3) is 5.78 Å². The first-order valence-corrected chi connectivity index (χ1v) is 5.29. The molecule has 0 aliphatic carbocycles. The summed E-state index contributed by atoms with van der Waals surface area (Å²) in [5.41, 5.74) is 0. The van der Waals surface area contributed by atoms with Gasteiger partial charge in [-0.1, -0.05) is 0 Å². The van der Waals surface area contributed by atoms with E-state index < -0.39 is 12.1 Å². The molecule has 0 amide bonds. The minimum absolute atomic E-state index is 0.324. The number of hydrogen-bond donors (Lipinski definition) is 1. The highest BCUT2D eigenvalue weighted by Crippen LogP contribution is 2.31. The van der Waals surface area contributed by atoms with Crippen molar-refractivity contribution in [2.24, 2.45) is 0 Å². The normalized spacial score (nSPS) is 24.2. The first-order chi connectivity index (χ1) is 8.25. The molecule has 1 aliphatic heterocycles. The van der Waals surface area contributed by atoms with Crippen LogP contribution in [0, 0.1) is 0 Å². The van der Waals surface area contributed by atoms with Gasteiger partial charge in [0.1, 0.15) is 6.10 Å². The maximum absolute atomic E-state index is 10.8. The Bertz CT molecular complexity index is 567. The Labute approximate surface area is 96.1 Å². The standard InChI is InChI=1S/C10H10N4O3/c15-9(16)7-3-2-6(17-7)8-12-13-10-11-4-1-5-14(8)10/h1,4-7H,2-3H2,(H,15,16). The van der Waals surface area contributed by atoms with Gasteiger partial charge in [0.15, 0.2) is 11.9 Å². The summed E-state index contributed by atoms with van der Waals surface area (Å²) in [7, 11) is 0. The molecule has 7 heteroatoms. The van der Waals surface area contributed by atoms with Crippen LogP contribution in [0.4, 0.5) is 0 Å². The molecular weight excluding hydrogens is 224 g/mol. The van der Waals surface area contributed by atoms with Crippen LogP contribution in [0.2, 0.25) is 0 Å². The molecule has 7 nitrogen and oxygen atoms in total. The Balaban J connectivity index is 1.93. The van der Waals surface area contributed by atoms with Gasteiger partial charge in [0.05, 0.1) is 0 Å². The van der Waals surface area contributed by atoms with Gasteiger partial charge in [-0.2, -0.15) is 0 Å². The summed E-state index contributed by atoms with van der Waals surface area (Å²) in [6.45, 7) is 0. The lowest BCUT2D eigenvalue weighted by atomic mass is 10.2. The minimum atomic E-state index is -0.931. The van der Waals surface area contributed by atoms with Gasteiger partial charge in [-0.25, -0.2) is 9.78 Å². The van der Waals surface area contributed by atoms with E-state index in [9.17, 15) is 4.79 Å². The van der Waals surface area contributed by atoms with Gasteiger partial charge >= 0.3 is 5.97 Å². The summed E-state index contributed by atoms with van der Waals surface area (Å²) in [6, 6.07) is 1.77. The molecule has 2 aromatic rings. The number of fused-ring (bicyclic) bond motifs is 1. The number of aliphatic carboxylic acids is 1. The van der Waals surface area contributed by atoms with Gasteiger partial charge < -0.3 is 9.84 Å². The molecule has 3 rings (SSSR count). The van der Waals surface area contributed by atoms with Crippen molar-refractivity contribution >= 4 is 11.7 Å². The van der Waals surface area contributed by atoms with E-state index in [1.807, 2.05) is 0 Å². The van der Waals surface area contributed by atoms with E-state index in [0.29, 0.717) is 24.4 Å². The molecule has 1 aliphatic rings. The Morgan fingerprint density at radius 1 is 1.47 bits per heavy atom. The van der Waals surface area contributed by atoms with E-state index in [0.717, 1.165) is 0 Å². The van der Waals surface area contributed by atoms with Gasteiger partial charge in [0.25, 0.3) is 5.78 Å². The average molecular weight is 234 g/mol. The van der Waals surface area contributed by atoms with Crippen LogP contribution in [0.3, 0.4) is 0 Å². The molecule has 2 atom stereocenters. The van der Waals surface area contributed by atoms with Crippen molar-refractivity contribution in [2.75, 3.05) is 0 Å². The van der Waals surface area contributed by atoms with Crippen LogP contribution in [-0.4, -0.2) is 36.8 Å². The number of nitrogens with zero attached hydrogens (tertiary/aromatic N) is 4. The Morgan fingerprint density at radius 2 is 2.35 bits per heavy atom. The fourth-order valence-electron chi connectivity index (χ4n) is 1.99. The van der Waals surface area contributed by atoms with Gasteiger partial charge in [-0.05, 0) is 18.9 Å². The van der Waals surface area contributed by atoms with Crippen molar-refractivity contribution in [1.82, 2.24) is 19.6 Å². The van der Waals surface area contributed by atoms with Crippen molar-refractivity contribution in [3.63, 3.8) is 0 Å². The minimum Gasteiger partial charge on any atom is -0.479 e. The van der Waals surface area contributed by atoms with Gasteiger partial charge in [-0.15, -0.1) is 10.2 Å². The molecule has 0 bridgehead atoms. The molecule has 0 saturated carbocycles. The van der Waals surface area contributed by atoms with E-state index in [-0.39, 0.29) is 6.10 Å². The number of carbonyl (C=O) groups is 1. The van der Waals surface area contributed by atoms with E-state index in [2.05, 4.69) is 15.2 Å². The molecule has 0 spiro atoms. The summed E-state index contributed by atoms with van der Waals surface area (Å²) in [6.07, 6.45) is 3.47. The maximum Gasteiger partial charge on any atom is 0.332 e. The zero-order valence-corrected chi connectivity index (χ0v) is 8.85. The van der Waals surface area contributed by atoms with E-state index >= 15 is 0 Å². The highest BCUT2D eigenvalue weighted by molar-refractivity contribution is 5.72. The summed E-state index contributed by atoms with van der Waals surface area (Å²) in [5, 5.41) is 16.8. The van der Waals surface area contributed by atoms with Crippen molar-refractivity contribution in [1.29, 1.82) is 0 Å². The largest absolute Gasteiger partial charge is 0.479 e. The second-order valence-electron chi connectivity index (χ2n) is 3.88. The van der Waals surface area contributed by atoms with Gasteiger partial charge in [0, 0.05) is 12.4 Å². The quantitative estimate of drug-likeness (QED) is 0.810. The number of aromatic nitrogens is 4. The Kier molecular flexibility index (Phi) is 2.25. The number of ether oxygens (including phenoxy) is 1. The number of rotatable bonds is 2. The third-order valence-corrected chi connectivity index (χ3v) is 2.80. The second kappa shape index (κ2) is 3.77. The molecule has 1 N–H and O–H groups in total. The second-order valence-corrected chi connectivity index (χ2v) is 3.88. The molecule has 2 aromatic heterocycles. The highest BCUT2D eigenvalue weighted by Gasteiger charge is 2.33. The zero-order valence-electron chi connectivity index (χ0n) is 8.85. The van der Waals surface area contributed by atoms with Crippen LogP contribution >= 0.6 is 0 Å². The van der Waals surface area contributed by atoms with Crippen LogP contribution in [0.1, 0.15) is 24.8 Å². The Hall–Kier alpha value is -2.02. The van der Waals surface area contributed by atoms with E-state index in [1.54, 1.807) is 22.9 Å². The topological polar surface area (TPSA) is 89.6 Å². The highest BCUT2D eigenvalue weighted by atomic mass is 16.5. The Morgan fingerprint density at radius 3 is 3.12 bits per heavy atom. The third-order valence-electron chi connectivity index (χ3n) is 2.80. The SMILES string of the molecule is O=C(O)C1CCC(c2nnc3ncccn23)O1. The number of carboxylic acids is 1. The predicted octanol–water partition coefficient (Wildman–Crippen LogP) is 0.429. The van der Waals surface area contributed by atoms with Crippen molar-refractivity contribution in [2.45, 2.75) is 25.0 Å². The van der Waals surface area contributed by atoms with Crippen LogP contribution in [0.15, 0.2) is 18.5 Å². The molecule has 17 heavy (non-hydrogen) atoms. The average Bonchev–Trinajstić information content (AvgIpc) is 2.95. The van der Waals surface area contributed by atoms with E-state index in [4.69, 9.17) is 9.84 Å². The van der Waals surface area contributed by atoms with E-state index in [1.165, 1.54) is 0 Å². The molecule has 1 fully saturated rings. The van der Waals surface area contributed by atoms with Crippen LogP contribution in [0.5, 0.6) is 0 Å². The third kappa shape index (κ3) is 1.64. The first-order valence-electron chi connectivity index (χ1n) is 5.29. The summed E-state index contributed by atoms with van der Waals surface area (Å²) in [5.74, 6) is 0.168. The van der Waals surface area contributed by atoms with Crippen LogP contribution in [-0.2, 0) is 9.53 Å². The lowest BCUT2D eigenvalue weighted by Gasteiger charge is -2.08. The number of hydrogen-bond acceptors (Lipinski definition) is 5. The van der Waals surface area contributed by atoms with Crippen LogP contribution < -0.4 is 0 Å². The lowest BCUT2D eigenvalue weighted by Crippen LogP contribution is -2.19. The molecule has 0 aromatic carbocycles. The van der Waals surface area contributed by atoms with Gasteiger partial charge in [-0.3, -0.25) is 4.40 Å². The van der Waals surface area contributed by atoms with Gasteiger partial charge in [0.2, 0.25) is 0 Å². The predicted molar refractivity (Wildman–Crippen MR) is 55.3 cm³/mol. The lowest BCUT2D eigenvalue weighted by molar-refractivity contribution is -0.149.